The average Bonchev–Trinajstić information content (AvgIpc) is 2.80. The highest BCUT2D eigenvalue weighted by atomic mass is 16.7. The number of ether oxygens (including phenoxy) is 4. The van der Waals surface area contributed by atoms with E-state index < -0.39 is 23.5 Å². The summed E-state index contributed by atoms with van der Waals surface area (Å²) in [6.07, 6.45) is 0. The monoisotopic (exact) mass is 508 g/mol. The molecule has 2 aromatic rings. The molecule has 0 aliphatic carbocycles. The van der Waals surface area contributed by atoms with Crippen LogP contribution in [0, 0.1) is 27.7 Å². The first-order valence-electron chi connectivity index (χ1n) is 12.0. The third-order valence-electron chi connectivity index (χ3n) is 5.33. The summed E-state index contributed by atoms with van der Waals surface area (Å²) >= 11 is 0. The first kappa shape index (κ1) is 29.7. The predicted molar refractivity (Wildman–Crippen MR) is 141 cm³/mol. The molecule has 7 heteroatoms. The number of Topliss-reactive ketones (excluding diaryl/α,β-unsaturated/α-hetero) is 1. The molecule has 0 radical (unpaired) electrons. The van der Waals surface area contributed by atoms with Crippen molar-refractivity contribution in [3.05, 3.63) is 94.1 Å². The van der Waals surface area contributed by atoms with Crippen LogP contribution in [0.3, 0.4) is 0 Å². The predicted octanol–water partition coefficient (Wildman–Crippen LogP) is 5.23. The Labute approximate surface area is 219 Å². The number of benzene rings is 2. The van der Waals surface area contributed by atoms with Crippen LogP contribution in [0.2, 0.25) is 0 Å². The van der Waals surface area contributed by atoms with Crippen molar-refractivity contribution in [1.82, 2.24) is 0 Å². The highest BCUT2D eigenvalue weighted by molar-refractivity contribution is 6.02. The van der Waals surface area contributed by atoms with Crippen LogP contribution in [0.15, 0.2) is 60.7 Å². The Morgan fingerprint density at radius 3 is 1.41 bits per heavy atom. The summed E-state index contributed by atoms with van der Waals surface area (Å²) in [4.78, 5) is 37.9. The summed E-state index contributed by atoms with van der Waals surface area (Å²) in [5.74, 6) is -3.44. The molecular formula is C30H36O7. The van der Waals surface area contributed by atoms with Crippen molar-refractivity contribution in [1.29, 1.82) is 0 Å². The molecule has 198 valence electrons. The fourth-order valence-electron chi connectivity index (χ4n) is 3.82. The molecule has 0 saturated heterocycles. The Morgan fingerprint density at radius 2 is 1.03 bits per heavy atom. The Hall–Kier alpha value is -3.55. The third kappa shape index (κ3) is 8.23. The lowest BCUT2D eigenvalue weighted by atomic mass is 9.91. The second-order valence-electron chi connectivity index (χ2n) is 9.23. The fourth-order valence-corrected chi connectivity index (χ4v) is 3.82. The fraction of sp³-hybridized carbons (Fsp3) is 0.367. The lowest BCUT2D eigenvalue weighted by molar-refractivity contribution is -0.219. The van der Waals surface area contributed by atoms with E-state index in [0.29, 0.717) is 11.1 Å². The zero-order chi connectivity index (χ0) is 27.8. The number of aryl methyl sites for hydroxylation is 4. The standard InChI is InChI=1S/C30H36O7/c1-19(2)28(32)34-9-11-36-30(26-17-23(7)14-24(8)18-26,37-12-10-35-29(33)20(3)4)27(31)25-15-21(5)13-22(6)16-25/h13-18H,1,3,9-12H2,2,4-8H3. The molecule has 2 aromatic carbocycles. The van der Waals surface area contributed by atoms with Gasteiger partial charge in [0.2, 0.25) is 5.78 Å². The highest BCUT2D eigenvalue weighted by Crippen LogP contribution is 2.34. The normalized spacial score (nSPS) is 11.1. The van der Waals surface area contributed by atoms with Crippen molar-refractivity contribution in [3.63, 3.8) is 0 Å². The van der Waals surface area contributed by atoms with E-state index in [0.717, 1.165) is 22.3 Å². The number of carbonyl (C=O) groups is 3. The van der Waals surface area contributed by atoms with Crippen molar-refractivity contribution in [2.45, 2.75) is 47.3 Å². The van der Waals surface area contributed by atoms with Crippen LogP contribution in [0.25, 0.3) is 0 Å². The molecule has 2 rings (SSSR count). The van der Waals surface area contributed by atoms with Crippen molar-refractivity contribution in [2.24, 2.45) is 0 Å². The van der Waals surface area contributed by atoms with Crippen LogP contribution in [0.4, 0.5) is 0 Å². The van der Waals surface area contributed by atoms with Crippen molar-refractivity contribution in [2.75, 3.05) is 26.4 Å². The van der Waals surface area contributed by atoms with E-state index in [1.54, 1.807) is 26.0 Å². The van der Waals surface area contributed by atoms with Crippen molar-refractivity contribution < 1.29 is 33.3 Å². The van der Waals surface area contributed by atoms with E-state index in [1.807, 2.05) is 52.0 Å². The first-order chi connectivity index (χ1) is 17.4. The zero-order valence-electron chi connectivity index (χ0n) is 22.6. The molecule has 37 heavy (non-hydrogen) atoms. The van der Waals surface area contributed by atoms with Gasteiger partial charge in [-0.2, -0.15) is 0 Å². The lowest BCUT2D eigenvalue weighted by Gasteiger charge is -2.33. The van der Waals surface area contributed by atoms with Gasteiger partial charge >= 0.3 is 11.9 Å². The third-order valence-corrected chi connectivity index (χ3v) is 5.33. The van der Waals surface area contributed by atoms with Gasteiger partial charge in [-0.3, -0.25) is 4.79 Å². The molecule has 7 nitrogen and oxygen atoms in total. The van der Waals surface area contributed by atoms with E-state index in [4.69, 9.17) is 18.9 Å². The van der Waals surface area contributed by atoms with E-state index in [9.17, 15) is 14.4 Å². The van der Waals surface area contributed by atoms with Gasteiger partial charge in [0.1, 0.15) is 13.2 Å². The maximum atomic E-state index is 14.2. The molecule has 0 spiro atoms. The minimum absolute atomic E-state index is 0.119. The first-order valence-corrected chi connectivity index (χ1v) is 12.0. The van der Waals surface area contributed by atoms with Crippen LogP contribution in [0.5, 0.6) is 0 Å². The Bertz CT molecular complexity index is 1120. The van der Waals surface area contributed by atoms with Crippen LogP contribution in [-0.4, -0.2) is 44.1 Å². The van der Waals surface area contributed by atoms with Gasteiger partial charge in [-0.1, -0.05) is 59.7 Å². The van der Waals surface area contributed by atoms with Crippen LogP contribution < -0.4 is 0 Å². The van der Waals surface area contributed by atoms with Gasteiger partial charge in [0, 0.05) is 22.3 Å². The van der Waals surface area contributed by atoms with Gasteiger partial charge in [-0.25, -0.2) is 9.59 Å². The summed E-state index contributed by atoms with van der Waals surface area (Å²) in [5.41, 5.74) is 5.00. The molecule has 0 saturated carbocycles. The number of hydrogen-bond acceptors (Lipinski definition) is 7. The molecular weight excluding hydrogens is 472 g/mol. The number of ketones is 1. The van der Waals surface area contributed by atoms with E-state index in [1.165, 1.54) is 0 Å². The maximum Gasteiger partial charge on any atom is 0.333 e. The number of carbonyl (C=O) groups excluding carboxylic acids is 3. The van der Waals surface area contributed by atoms with E-state index in [-0.39, 0.29) is 37.6 Å². The number of rotatable bonds is 13. The van der Waals surface area contributed by atoms with Gasteiger partial charge in [-0.15, -0.1) is 0 Å². The largest absolute Gasteiger partial charge is 0.460 e. The molecule has 0 N–H and O–H groups in total. The Kier molecular flexibility index (Phi) is 10.5. The van der Waals surface area contributed by atoms with Gasteiger partial charge in [-0.05, 0) is 53.7 Å². The summed E-state index contributed by atoms with van der Waals surface area (Å²) < 4.78 is 22.7. The number of esters is 2. The van der Waals surface area contributed by atoms with E-state index in [2.05, 4.69) is 13.2 Å². The minimum Gasteiger partial charge on any atom is -0.460 e. The maximum absolute atomic E-state index is 14.2. The topological polar surface area (TPSA) is 88.1 Å². The molecule has 0 heterocycles. The molecule has 0 bridgehead atoms. The molecule has 0 unspecified atom stereocenters. The quantitative estimate of drug-likeness (QED) is 0.120. The molecule has 0 aliphatic rings. The summed E-state index contributed by atoms with van der Waals surface area (Å²) in [6.45, 7) is 17.3. The van der Waals surface area contributed by atoms with Gasteiger partial charge in [0.25, 0.3) is 5.79 Å². The van der Waals surface area contributed by atoms with Crippen LogP contribution in [0.1, 0.15) is 52.0 Å². The van der Waals surface area contributed by atoms with Crippen LogP contribution in [-0.2, 0) is 34.3 Å². The molecule has 0 aliphatic heterocycles. The second kappa shape index (κ2) is 13.1. The average molecular weight is 509 g/mol. The minimum atomic E-state index is -1.89. The molecule has 0 amide bonds. The number of hydrogen-bond donors (Lipinski definition) is 0. The van der Waals surface area contributed by atoms with E-state index >= 15 is 0 Å². The Balaban J connectivity index is 2.52. The molecule has 0 fully saturated rings. The second-order valence-corrected chi connectivity index (χ2v) is 9.23. The van der Waals surface area contributed by atoms with Crippen LogP contribution >= 0.6 is 0 Å². The SMILES string of the molecule is C=C(C)C(=O)OCCOC(OCCOC(=O)C(=C)C)(C(=O)c1cc(C)cc(C)c1)c1cc(C)cc(C)c1. The van der Waals surface area contributed by atoms with Gasteiger partial charge in [0.05, 0.1) is 13.2 Å². The zero-order valence-corrected chi connectivity index (χ0v) is 22.6. The van der Waals surface area contributed by atoms with Gasteiger partial charge in [0.15, 0.2) is 0 Å². The summed E-state index contributed by atoms with van der Waals surface area (Å²) in [7, 11) is 0. The lowest BCUT2D eigenvalue weighted by Crippen LogP contribution is -2.43. The molecule has 0 aromatic heterocycles. The smallest absolute Gasteiger partial charge is 0.333 e. The summed E-state index contributed by atoms with van der Waals surface area (Å²) in [5, 5.41) is 0. The Morgan fingerprint density at radius 1 is 0.649 bits per heavy atom. The van der Waals surface area contributed by atoms with Crippen molar-refractivity contribution >= 4 is 17.7 Å². The molecule has 0 atom stereocenters. The van der Waals surface area contributed by atoms with Gasteiger partial charge < -0.3 is 18.9 Å². The highest BCUT2D eigenvalue weighted by Gasteiger charge is 2.44. The summed E-state index contributed by atoms with van der Waals surface area (Å²) in [6, 6.07) is 11.1. The van der Waals surface area contributed by atoms with Crippen molar-refractivity contribution in [3.8, 4) is 0 Å².